The summed E-state index contributed by atoms with van der Waals surface area (Å²) in [6.45, 7) is 4.22. The Morgan fingerprint density at radius 1 is 1.03 bits per heavy atom. The van der Waals surface area contributed by atoms with Crippen LogP contribution >= 0.6 is 0 Å². The van der Waals surface area contributed by atoms with Crippen LogP contribution < -0.4 is 16.4 Å². The van der Waals surface area contributed by atoms with Gasteiger partial charge in [0.2, 0.25) is 17.7 Å². The molecule has 0 aliphatic rings. The second-order valence-electron chi connectivity index (χ2n) is 7.82. The Morgan fingerprint density at radius 2 is 1.69 bits per heavy atom. The van der Waals surface area contributed by atoms with Crippen molar-refractivity contribution in [3.63, 3.8) is 0 Å². The summed E-state index contributed by atoms with van der Waals surface area (Å²) in [6.07, 6.45) is 6.12. The Bertz CT molecular complexity index is 661. The Morgan fingerprint density at radius 3 is 2.31 bits per heavy atom. The van der Waals surface area contributed by atoms with Crippen LogP contribution in [-0.4, -0.2) is 35.9 Å². The first kappa shape index (κ1) is 24.5. The lowest BCUT2D eigenvalue weighted by Gasteiger charge is -2.27. The van der Waals surface area contributed by atoms with Gasteiger partial charge in [0.1, 0.15) is 5.75 Å². The van der Waals surface area contributed by atoms with Gasteiger partial charge < -0.3 is 21.5 Å². The minimum atomic E-state index is -1.10. The molecule has 0 spiro atoms. The molecule has 0 saturated heterocycles. The fourth-order valence-corrected chi connectivity index (χ4v) is 3.08. The highest BCUT2D eigenvalue weighted by Gasteiger charge is 2.35. The van der Waals surface area contributed by atoms with Crippen LogP contribution in [0.5, 0.6) is 5.75 Å². The van der Waals surface area contributed by atoms with Crippen molar-refractivity contribution in [2.24, 2.45) is 11.1 Å². The molecule has 0 bridgehead atoms. The zero-order valence-electron chi connectivity index (χ0n) is 17.6. The molecule has 0 unspecified atom stereocenters. The molecule has 1 rings (SSSR count). The molecular formula is C22H35N3O4. The van der Waals surface area contributed by atoms with E-state index in [0.29, 0.717) is 19.4 Å². The number of carbonyl (C=O) groups is 3. The third kappa shape index (κ3) is 9.96. The zero-order chi connectivity index (χ0) is 21.7. The fourth-order valence-electron chi connectivity index (χ4n) is 3.08. The maximum atomic E-state index is 12.7. The van der Waals surface area contributed by atoms with Crippen molar-refractivity contribution in [2.75, 3.05) is 13.1 Å². The molecule has 0 aromatic heterocycles. The molecular weight excluding hydrogens is 370 g/mol. The van der Waals surface area contributed by atoms with Crippen LogP contribution in [0.15, 0.2) is 24.3 Å². The van der Waals surface area contributed by atoms with Crippen LogP contribution in [0.2, 0.25) is 0 Å². The van der Waals surface area contributed by atoms with Crippen molar-refractivity contribution in [3.8, 4) is 5.75 Å². The Balaban J connectivity index is 2.49. The number of hydrogen-bond acceptors (Lipinski definition) is 4. The second-order valence-corrected chi connectivity index (χ2v) is 7.82. The molecule has 1 aromatic rings. The van der Waals surface area contributed by atoms with Crippen LogP contribution in [0.4, 0.5) is 0 Å². The van der Waals surface area contributed by atoms with E-state index in [1.165, 1.54) is 6.42 Å². The summed E-state index contributed by atoms with van der Waals surface area (Å²) >= 11 is 0. The molecule has 0 aliphatic carbocycles. The number of amides is 3. The number of rotatable bonds is 14. The predicted molar refractivity (Wildman–Crippen MR) is 113 cm³/mol. The molecule has 3 amide bonds. The lowest BCUT2D eigenvalue weighted by atomic mass is 9.85. The van der Waals surface area contributed by atoms with Gasteiger partial charge in [-0.1, -0.05) is 44.7 Å². The van der Waals surface area contributed by atoms with Crippen LogP contribution in [0.25, 0.3) is 0 Å². The monoisotopic (exact) mass is 405 g/mol. The van der Waals surface area contributed by atoms with E-state index >= 15 is 0 Å². The molecule has 7 heteroatoms. The van der Waals surface area contributed by atoms with Gasteiger partial charge in [-0.2, -0.15) is 0 Å². The number of benzene rings is 1. The van der Waals surface area contributed by atoms with Gasteiger partial charge in [-0.15, -0.1) is 0 Å². The Kier molecular flexibility index (Phi) is 10.8. The largest absolute Gasteiger partial charge is 0.508 e. The van der Waals surface area contributed by atoms with E-state index in [1.54, 1.807) is 31.2 Å². The summed E-state index contributed by atoms with van der Waals surface area (Å²) in [4.78, 5) is 36.2. The molecule has 1 aromatic carbocycles. The van der Waals surface area contributed by atoms with Crippen LogP contribution in [0.1, 0.15) is 64.4 Å². The van der Waals surface area contributed by atoms with Crippen molar-refractivity contribution in [1.82, 2.24) is 10.6 Å². The number of phenols is 1. The molecule has 0 radical (unpaired) electrons. The first-order valence-electron chi connectivity index (χ1n) is 10.4. The summed E-state index contributed by atoms with van der Waals surface area (Å²) in [5.41, 5.74) is 5.20. The molecule has 162 valence electrons. The van der Waals surface area contributed by atoms with E-state index < -0.39 is 11.3 Å². The average Bonchev–Trinajstić information content (AvgIpc) is 2.67. The van der Waals surface area contributed by atoms with Gasteiger partial charge in [0.15, 0.2) is 0 Å². The van der Waals surface area contributed by atoms with Gasteiger partial charge in [-0.25, -0.2) is 0 Å². The number of aromatic hydroxyl groups is 1. The number of unbranched alkanes of at least 4 members (excludes halogenated alkanes) is 4. The van der Waals surface area contributed by atoms with E-state index in [-0.39, 0.29) is 30.5 Å². The first-order chi connectivity index (χ1) is 13.8. The number of hydrogen-bond donors (Lipinski definition) is 4. The maximum Gasteiger partial charge on any atom is 0.228 e. The molecule has 0 aliphatic heterocycles. The summed E-state index contributed by atoms with van der Waals surface area (Å²) in [7, 11) is 0. The van der Waals surface area contributed by atoms with Crippen LogP contribution in [0, 0.1) is 5.41 Å². The summed E-state index contributed by atoms with van der Waals surface area (Å²) in [5, 5.41) is 14.9. The van der Waals surface area contributed by atoms with Crippen molar-refractivity contribution in [1.29, 1.82) is 0 Å². The summed E-state index contributed by atoms with van der Waals surface area (Å²) < 4.78 is 0. The molecule has 0 fully saturated rings. The molecule has 7 nitrogen and oxygen atoms in total. The summed E-state index contributed by atoms with van der Waals surface area (Å²) in [6, 6.07) is 6.74. The SMILES string of the molecule is CCCCCCCC(=O)NC[C@](C)(CC(N)=O)C(=O)NCCc1ccc(O)cc1. The van der Waals surface area contributed by atoms with Gasteiger partial charge in [-0.05, 0) is 37.5 Å². The Hall–Kier alpha value is -2.57. The lowest BCUT2D eigenvalue weighted by Crippen LogP contribution is -2.49. The second kappa shape index (κ2) is 12.8. The van der Waals surface area contributed by atoms with E-state index in [4.69, 9.17) is 5.73 Å². The highest BCUT2D eigenvalue weighted by molar-refractivity contribution is 5.89. The topological polar surface area (TPSA) is 122 Å². The number of phenolic OH excluding ortho intramolecular Hbond substituents is 1. The lowest BCUT2D eigenvalue weighted by molar-refractivity contribution is -0.135. The van der Waals surface area contributed by atoms with E-state index in [1.807, 2.05) is 0 Å². The van der Waals surface area contributed by atoms with Crippen molar-refractivity contribution in [3.05, 3.63) is 29.8 Å². The van der Waals surface area contributed by atoms with Gasteiger partial charge in [0.25, 0.3) is 0 Å². The number of nitrogens with two attached hydrogens (primary N) is 1. The smallest absolute Gasteiger partial charge is 0.228 e. The third-order valence-electron chi connectivity index (χ3n) is 4.93. The minimum absolute atomic E-state index is 0.0643. The van der Waals surface area contributed by atoms with Gasteiger partial charge in [0, 0.05) is 25.9 Å². The maximum absolute atomic E-state index is 12.7. The number of primary amides is 1. The van der Waals surface area contributed by atoms with Crippen molar-refractivity contribution in [2.45, 2.75) is 65.2 Å². The normalized spacial score (nSPS) is 12.8. The highest BCUT2D eigenvalue weighted by atomic mass is 16.3. The summed E-state index contributed by atoms with van der Waals surface area (Å²) in [5.74, 6) is -0.838. The van der Waals surface area contributed by atoms with E-state index in [9.17, 15) is 19.5 Å². The third-order valence-corrected chi connectivity index (χ3v) is 4.93. The molecule has 1 atom stereocenters. The van der Waals surface area contributed by atoms with Gasteiger partial charge in [0.05, 0.1) is 5.41 Å². The Labute approximate surface area is 173 Å². The van der Waals surface area contributed by atoms with Crippen LogP contribution in [-0.2, 0) is 20.8 Å². The highest BCUT2D eigenvalue weighted by Crippen LogP contribution is 2.21. The van der Waals surface area contributed by atoms with E-state index in [0.717, 1.165) is 31.2 Å². The van der Waals surface area contributed by atoms with Crippen molar-refractivity contribution >= 4 is 17.7 Å². The number of nitrogens with one attached hydrogen (secondary N) is 2. The minimum Gasteiger partial charge on any atom is -0.508 e. The standard InChI is InChI=1S/C22H35N3O4/c1-3-4-5-6-7-8-20(28)25-16-22(2,15-19(23)27)21(29)24-14-13-17-9-11-18(26)12-10-17/h9-12,26H,3-8,13-16H2,1-2H3,(H2,23,27)(H,24,29)(H,25,28)/t22-/m0/s1. The predicted octanol–water partition coefficient (Wildman–Crippen LogP) is 2.41. The average molecular weight is 406 g/mol. The van der Waals surface area contributed by atoms with Gasteiger partial charge in [-0.3, -0.25) is 14.4 Å². The van der Waals surface area contributed by atoms with Crippen molar-refractivity contribution < 1.29 is 19.5 Å². The zero-order valence-corrected chi connectivity index (χ0v) is 17.6. The van der Waals surface area contributed by atoms with Crippen LogP contribution in [0.3, 0.4) is 0 Å². The molecule has 5 N–H and O–H groups in total. The van der Waals surface area contributed by atoms with Gasteiger partial charge >= 0.3 is 0 Å². The number of carbonyl (C=O) groups excluding carboxylic acids is 3. The fraction of sp³-hybridized carbons (Fsp3) is 0.591. The molecule has 0 heterocycles. The quantitative estimate of drug-likeness (QED) is 0.355. The van der Waals surface area contributed by atoms with E-state index in [2.05, 4.69) is 17.6 Å². The first-order valence-corrected chi connectivity index (χ1v) is 10.4. The molecule has 0 saturated carbocycles. The molecule has 29 heavy (non-hydrogen) atoms.